The molecule has 0 unspecified atom stereocenters. The van der Waals surface area contributed by atoms with Gasteiger partial charge in [-0.3, -0.25) is 4.79 Å². The first-order chi connectivity index (χ1) is 8.40. The van der Waals surface area contributed by atoms with Gasteiger partial charge in [-0.05, 0) is 38.8 Å². The molecule has 1 heterocycles. The summed E-state index contributed by atoms with van der Waals surface area (Å²) >= 11 is 0. The van der Waals surface area contributed by atoms with Crippen LogP contribution in [0.1, 0.15) is 22.4 Å². The molecular weight excluding hydrogens is 224 g/mol. The van der Waals surface area contributed by atoms with E-state index in [1.807, 2.05) is 11.5 Å². The Morgan fingerprint density at radius 3 is 2.11 bits per heavy atom. The third-order valence-corrected chi connectivity index (χ3v) is 3.15. The van der Waals surface area contributed by atoms with Crippen molar-refractivity contribution in [1.82, 2.24) is 4.57 Å². The van der Waals surface area contributed by atoms with Crippen molar-refractivity contribution in [2.75, 3.05) is 5.73 Å². The fraction of sp³-hybridized carbons (Fsp3) is 0.267. The van der Waals surface area contributed by atoms with E-state index in [1.165, 1.54) is 16.7 Å². The summed E-state index contributed by atoms with van der Waals surface area (Å²) in [5.41, 5.74) is 11.5. The van der Waals surface area contributed by atoms with Crippen LogP contribution in [0.2, 0.25) is 0 Å². The molecular formula is C15H18N2O. The summed E-state index contributed by atoms with van der Waals surface area (Å²) in [5.74, 6) is 0. The average Bonchev–Trinajstić information content (AvgIpc) is 2.24. The number of pyridine rings is 1. The van der Waals surface area contributed by atoms with Gasteiger partial charge in [0.05, 0.1) is 11.4 Å². The fourth-order valence-electron chi connectivity index (χ4n) is 2.44. The third-order valence-electron chi connectivity index (χ3n) is 3.15. The third kappa shape index (κ3) is 2.04. The number of nitrogens with two attached hydrogens (primary N) is 1. The summed E-state index contributed by atoms with van der Waals surface area (Å²) in [7, 11) is 0. The molecule has 0 amide bonds. The Balaban J connectivity index is 2.77. The molecule has 0 atom stereocenters. The fourth-order valence-corrected chi connectivity index (χ4v) is 2.44. The minimum absolute atomic E-state index is 0.119. The van der Waals surface area contributed by atoms with Gasteiger partial charge < -0.3 is 10.3 Å². The van der Waals surface area contributed by atoms with E-state index in [4.69, 9.17) is 5.73 Å². The van der Waals surface area contributed by atoms with Gasteiger partial charge >= 0.3 is 0 Å². The summed E-state index contributed by atoms with van der Waals surface area (Å²) in [6.07, 6.45) is 1.71. The van der Waals surface area contributed by atoms with E-state index in [9.17, 15) is 4.79 Å². The molecule has 3 nitrogen and oxygen atoms in total. The molecule has 94 valence electrons. The first kappa shape index (κ1) is 12.4. The Morgan fingerprint density at radius 1 is 1.00 bits per heavy atom. The number of nitrogens with zero attached hydrogens (tertiary/aromatic N) is 1. The lowest BCUT2D eigenvalue weighted by molar-refractivity contribution is 0.953. The lowest BCUT2D eigenvalue weighted by Gasteiger charge is -2.17. The molecule has 0 bridgehead atoms. The molecule has 2 N–H and O–H groups in total. The molecule has 0 aliphatic rings. The molecule has 18 heavy (non-hydrogen) atoms. The van der Waals surface area contributed by atoms with E-state index < -0.39 is 0 Å². The summed E-state index contributed by atoms with van der Waals surface area (Å²) < 4.78 is 1.99. The number of anilines is 1. The second-order valence-electron chi connectivity index (χ2n) is 4.85. The number of benzene rings is 1. The van der Waals surface area contributed by atoms with Crippen LogP contribution in [0.4, 0.5) is 5.69 Å². The lowest BCUT2D eigenvalue weighted by Crippen LogP contribution is -2.14. The lowest BCUT2D eigenvalue weighted by atomic mass is 10.0. The topological polar surface area (TPSA) is 48.0 Å². The summed E-state index contributed by atoms with van der Waals surface area (Å²) in [5, 5.41) is 0. The molecule has 3 heteroatoms. The molecule has 0 aliphatic carbocycles. The standard InChI is InChI=1S/C15H18N2O/c1-9-5-10(2)15(11(3)6-9)17-8-13(16)14(18)7-12(17)4/h5-8H,16H2,1-4H3. The molecule has 2 rings (SSSR count). The number of hydrogen-bond acceptors (Lipinski definition) is 2. The highest BCUT2D eigenvalue weighted by Crippen LogP contribution is 2.22. The van der Waals surface area contributed by atoms with E-state index in [0.717, 1.165) is 11.4 Å². The van der Waals surface area contributed by atoms with Gasteiger partial charge in [0.25, 0.3) is 0 Å². The summed E-state index contributed by atoms with van der Waals surface area (Å²) in [4.78, 5) is 11.5. The van der Waals surface area contributed by atoms with Gasteiger partial charge in [0.15, 0.2) is 0 Å². The Bertz CT molecular complexity index is 646. The van der Waals surface area contributed by atoms with Gasteiger partial charge in [0.1, 0.15) is 0 Å². The van der Waals surface area contributed by atoms with Gasteiger partial charge in [-0.15, -0.1) is 0 Å². The maximum absolute atomic E-state index is 11.5. The van der Waals surface area contributed by atoms with Crippen molar-refractivity contribution < 1.29 is 0 Å². The maximum Gasteiger partial charge on any atom is 0.204 e. The normalized spacial score (nSPS) is 10.7. The molecule has 0 aliphatic heterocycles. The van der Waals surface area contributed by atoms with Crippen LogP contribution in [0.25, 0.3) is 5.69 Å². The highest BCUT2D eigenvalue weighted by molar-refractivity contribution is 5.52. The largest absolute Gasteiger partial charge is 0.394 e. The van der Waals surface area contributed by atoms with Gasteiger partial charge in [0.2, 0.25) is 5.43 Å². The number of nitrogen functional groups attached to an aromatic ring is 1. The van der Waals surface area contributed by atoms with Crippen LogP contribution in [0.5, 0.6) is 0 Å². The van der Waals surface area contributed by atoms with Crippen LogP contribution < -0.4 is 11.2 Å². The Hall–Kier alpha value is -2.03. The van der Waals surface area contributed by atoms with Gasteiger partial charge in [0, 0.05) is 18.0 Å². The minimum atomic E-state index is -0.119. The first-order valence-electron chi connectivity index (χ1n) is 5.97. The van der Waals surface area contributed by atoms with E-state index >= 15 is 0 Å². The van der Waals surface area contributed by atoms with Gasteiger partial charge in [-0.1, -0.05) is 17.7 Å². The quantitative estimate of drug-likeness (QED) is 0.835. The summed E-state index contributed by atoms with van der Waals surface area (Å²) in [6.45, 7) is 8.14. The smallest absolute Gasteiger partial charge is 0.204 e. The van der Waals surface area contributed by atoms with Crippen molar-refractivity contribution >= 4 is 5.69 Å². The van der Waals surface area contributed by atoms with Crippen LogP contribution >= 0.6 is 0 Å². The molecule has 0 spiro atoms. The molecule has 0 saturated carbocycles. The zero-order valence-electron chi connectivity index (χ0n) is 11.2. The highest BCUT2D eigenvalue weighted by atomic mass is 16.1. The highest BCUT2D eigenvalue weighted by Gasteiger charge is 2.09. The van der Waals surface area contributed by atoms with Crippen LogP contribution in [-0.4, -0.2) is 4.57 Å². The van der Waals surface area contributed by atoms with Crippen molar-refractivity contribution in [2.24, 2.45) is 0 Å². The Labute approximate surface area is 107 Å². The number of hydrogen-bond donors (Lipinski definition) is 1. The molecule has 1 aromatic heterocycles. The van der Waals surface area contributed by atoms with Gasteiger partial charge in [-0.25, -0.2) is 0 Å². The molecule has 2 aromatic rings. The zero-order valence-corrected chi connectivity index (χ0v) is 11.2. The van der Waals surface area contributed by atoms with Crippen molar-refractivity contribution in [3.05, 3.63) is 57.0 Å². The second-order valence-corrected chi connectivity index (χ2v) is 4.85. The van der Waals surface area contributed by atoms with Crippen molar-refractivity contribution in [3.63, 3.8) is 0 Å². The molecule has 0 fully saturated rings. The van der Waals surface area contributed by atoms with E-state index in [0.29, 0.717) is 0 Å². The second kappa shape index (κ2) is 4.33. The van der Waals surface area contributed by atoms with Gasteiger partial charge in [-0.2, -0.15) is 0 Å². The molecule has 0 saturated heterocycles. The SMILES string of the molecule is Cc1cc(C)c(-n2cc(N)c(=O)cc2C)c(C)c1. The summed E-state index contributed by atoms with van der Waals surface area (Å²) in [6, 6.07) is 5.85. The average molecular weight is 242 g/mol. The van der Waals surface area contributed by atoms with Crippen LogP contribution in [0.15, 0.2) is 29.2 Å². The van der Waals surface area contributed by atoms with E-state index in [-0.39, 0.29) is 11.1 Å². The number of aromatic nitrogens is 1. The number of aryl methyl sites for hydroxylation is 4. The maximum atomic E-state index is 11.5. The van der Waals surface area contributed by atoms with Crippen molar-refractivity contribution in [2.45, 2.75) is 27.7 Å². The zero-order chi connectivity index (χ0) is 13.4. The minimum Gasteiger partial charge on any atom is -0.394 e. The predicted molar refractivity (Wildman–Crippen MR) is 75.4 cm³/mol. The molecule has 0 radical (unpaired) electrons. The predicted octanol–water partition coefficient (Wildman–Crippen LogP) is 2.65. The first-order valence-corrected chi connectivity index (χ1v) is 5.97. The molecule has 1 aromatic carbocycles. The van der Waals surface area contributed by atoms with E-state index in [2.05, 4.69) is 32.9 Å². The Morgan fingerprint density at radius 2 is 1.56 bits per heavy atom. The monoisotopic (exact) mass is 242 g/mol. The van der Waals surface area contributed by atoms with E-state index in [1.54, 1.807) is 12.3 Å². The number of rotatable bonds is 1. The van der Waals surface area contributed by atoms with Crippen LogP contribution in [0, 0.1) is 27.7 Å². The van der Waals surface area contributed by atoms with Crippen molar-refractivity contribution in [3.8, 4) is 5.69 Å². The Kier molecular flexibility index (Phi) is 2.99. The van der Waals surface area contributed by atoms with Crippen LogP contribution in [-0.2, 0) is 0 Å². The van der Waals surface area contributed by atoms with Crippen LogP contribution in [0.3, 0.4) is 0 Å². The van der Waals surface area contributed by atoms with Crippen molar-refractivity contribution in [1.29, 1.82) is 0 Å².